The average molecular weight is 344 g/mol. The smallest absolute Gasteiger partial charge is 0.220 e. The van der Waals surface area contributed by atoms with E-state index in [1.165, 1.54) is 5.56 Å². The summed E-state index contributed by atoms with van der Waals surface area (Å²) in [5.74, 6) is 0.621. The molecule has 1 heterocycles. The van der Waals surface area contributed by atoms with Crippen LogP contribution in [-0.4, -0.2) is 31.3 Å². The van der Waals surface area contributed by atoms with Crippen LogP contribution < -0.4 is 10.6 Å². The van der Waals surface area contributed by atoms with Crippen LogP contribution in [0, 0.1) is 11.3 Å². The molecule has 0 unspecified atom stereocenters. The molecule has 0 atom stereocenters. The van der Waals surface area contributed by atoms with Crippen molar-refractivity contribution in [2.45, 2.75) is 52.9 Å². The molecular weight excluding hydrogens is 312 g/mol. The number of amides is 1. The maximum Gasteiger partial charge on any atom is 0.220 e. The molecule has 1 saturated heterocycles. The summed E-state index contributed by atoms with van der Waals surface area (Å²) < 4.78 is 0. The molecule has 2 rings (SSSR count). The van der Waals surface area contributed by atoms with Gasteiger partial charge in [0.1, 0.15) is 0 Å². The number of hydrogen-bond donors (Lipinski definition) is 2. The lowest BCUT2D eigenvalue weighted by atomic mass is 9.81. The molecule has 25 heavy (non-hydrogen) atoms. The molecule has 2 N–H and O–H groups in total. The summed E-state index contributed by atoms with van der Waals surface area (Å²) in [4.78, 5) is 24.3. The van der Waals surface area contributed by atoms with E-state index in [1.54, 1.807) is 0 Å². The minimum Gasteiger partial charge on any atom is -0.356 e. The van der Waals surface area contributed by atoms with Crippen LogP contribution >= 0.6 is 0 Å². The maximum absolute atomic E-state index is 12.3. The van der Waals surface area contributed by atoms with Gasteiger partial charge in [0.05, 0.1) is 0 Å². The van der Waals surface area contributed by atoms with E-state index in [0.29, 0.717) is 18.0 Å². The van der Waals surface area contributed by atoms with E-state index in [9.17, 15) is 9.59 Å². The average Bonchev–Trinajstić information content (AvgIpc) is 2.59. The van der Waals surface area contributed by atoms with Gasteiger partial charge >= 0.3 is 0 Å². The second-order valence-electron chi connectivity index (χ2n) is 8.06. The van der Waals surface area contributed by atoms with Gasteiger partial charge in [-0.05, 0) is 49.2 Å². The van der Waals surface area contributed by atoms with Gasteiger partial charge in [-0.25, -0.2) is 0 Å². The maximum atomic E-state index is 12.3. The summed E-state index contributed by atoms with van der Waals surface area (Å²) in [5, 5.41) is 6.35. The first-order valence-electron chi connectivity index (χ1n) is 9.47. The van der Waals surface area contributed by atoms with Gasteiger partial charge in [0.15, 0.2) is 5.78 Å². The second-order valence-corrected chi connectivity index (χ2v) is 8.06. The normalized spacial score (nSPS) is 16.6. The number of hydrogen-bond acceptors (Lipinski definition) is 3. The van der Waals surface area contributed by atoms with Crippen molar-refractivity contribution in [2.24, 2.45) is 11.3 Å². The fourth-order valence-electron chi connectivity index (χ4n) is 3.28. The van der Waals surface area contributed by atoms with Gasteiger partial charge in [0.25, 0.3) is 0 Å². The third-order valence-corrected chi connectivity index (χ3v) is 5.02. The highest BCUT2D eigenvalue weighted by Gasteiger charge is 2.26. The number of carbonyl (C=O) groups excluding carboxylic acids is 2. The fourth-order valence-corrected chi connectivity index (χ4v) is 3.28. The van der Waals surface area contributed by atoms with Gasteiger partial charge in [-0.2, -0.15) is 0 Å². The Morgan fingerprint density at radius 1 is 1.12 bits per heavy atom. The SMILES string of the molecule is CC(C)Cc1ccc(C(=O)CCC(=O)NCC2(C)CCNCC2)cc1. The Morgan fingerprint density at radius 3 is 2.36 bits per heavy atom. The minimum atomic E-state index is -0.0236. The minimum absolute atomic E-state index is 0.0236. The highest BCUT2D eigenvalue weighted by molar-refractivity contribution is 5.97. The third kappa shape index (κ3) is 6.62. The number of rotatable bonds is 8. The molecule has 1 fully saturated rings. The molecule has 1 aliphatic rings. The van der Waals surface area contributed by atoms with E-state index in [-0.39, 0.29) is 29.9 Å². The lowest BCUT2D eigenvalue weighted by Gasteiger charge is -2.34. The molecule has 1 aromatic carbocycles. The predicted molar refractivity (Wildman–Crippen MR) is 102 cm³/mol. The van der Waals surface area contributed by atoms with Crippen LogP contribution in [0.15, 0.2) is 24.3 Å². The molecule has 138 valence electrons. The van der Waals surface area contributed by atoms with E-state index in [2.05, 4.69) is 31.4 Å². The second kappa shape index (κ2) is 9.14. The van der Waals surface area contributed by atoms with Gasteiger partial charge in [-0.3, -0.25) is 9.59 Å². The van der Waals surface area contributed by atoms with Crippen LogP contribution in [0.3, 0.4) is 0 Å². The van der Waals surface area contributed by atoms with Gasteiger partial charge in [-0.15, -0.1) is 0 Å². The highest BCUT2D eigenvalue weighted by atomic mass is 16.2. The van der Waals surface area contributed by atoms with Crippen molar-refractivity contribution in [2.75, 3.05) is 19.6 Å². The Balaban J connectivity index is 1.74. The number of nitrogens with one attached hydrogen (secondary N) is 2. The first kappa shape index (κ1) is 19.6. The van der Waals surface area contributed by atoms with Crippen molar-refractivity contribution >= 4 is 11.7 Å². The summed E-state index contributed by atoms with van der Waals surface area (Å²) >= 11 is 0. The number of benzene rings is 1. The molecule has 0 spiro atoms. The molecular formula is C21H32N2O2. The Labute approximate surface area is 151 Å². The number of piperidine rings is 1. The van der Waals surface area contributed by atoms with E-state index in [1.807, 2.05) is 24.3 Å². The topological polar surface area (TPSA) is 58.2 Å². The molecule has 1 aromatic rings. The van der Waals surface area contributed by atoms with Gasteiger partial charge in [-0.1, -0.05) is 45.0 Å². The first-order chi connectivity index (χ1) is 11.9. The predicted octanol–water partition coefficient (Wildman–Crippen LogP) is 3.35. The van der Waals surface area contributed by atoms with Gasteiger partial charge in [0, 0.05) is 24.9 Å². The van der Waals surface area contributed by atoms with Crippen molar-refractivity contribution in [3.63, 3.8) is 0 Å². The van der Waals surface area contributed by atoms with Crippen LogP contribution in [0.25, 0.3) is 0 Å². The molecule has 0 radical (unpaired) electrons. The Bertz CT molecular complexity index is 572. The van der Waals surface area contributed by atoms with E-state index >= 15 is 0 Å². The number of Topliss-reactive ketones (excluding diaryl/α,β-unsaturated/α-hetero) is 1. The largest absolute Gasteiger partial charge is 0.356 e. The van der Waals surface area contributed by atoms with Crippen LogP contribution in [0.1, 0.15) is 62.4 Å². The Kier molecular flexibility index (Phi) is 7.18. The molecule has 0 bridgehead atoms. The van der Waals surface area contributed by atoms with Crippen LogP contribution in [-0.2, 0) is 11.2 Å². The van der Waals surface area contributed by atoms with Crippen molar-refractivity contribution in [1.82, 2.24) is 10.6 Å². The van der Waals surface area contributed by atoms with E-state index in [0.717, 1.165) is 32.4 Å². The zero-order valence-electron chi connectivity index (χ0n) is 15.9. The standard InChI is InChI=1S/C21H32N2O2/c1-16(2)14-17-4-6-18(7-5-17)19(24)8-9-20(25)23-15-21(3)10-12-22-13-11-21/h4-7,16,22H,8-15H2,1-3H3,(H,23,25). The van der Waals surface area contributed by atoms with Crippen LogP contribution in [0.4, 0.5) is 0 Å². The monoisotopic (exact) mass is 344 g/mol. The molecule has 1 amide bonds. The van der Waals surface area contributed by atoms with E-state index in [4.69, 9.17) is 0 Å². The van der Waals surface area contributed by atoms with Crippen molar-refractivity contribution in [3.8, 4) is 0 Å². The lowest BCUT2D eigenvalue weighted by molar-refractivity contribution is -0.121. The molecule has 1 aliphatic heterocycles. The van der Waals surface area contributed by atoms with Crippen molar-refractivity contribution in [1.29, 1.82) is 0 Å². The summed E-state index contributed by atoms with van der Waals surface area (Å²) in [6.07, 6.45) is 3.71. The first-order valence-corrected chi connectivity index (χ1v) is 9.47. The molecule has 0 saturated carbocycles. The Morgan fingerprint density at radius 2 is 1.76 bits per heavy atom. The summed E-state index contributed by atoms with van der Waals surface area (Å²) in [6.45, 7) is 9.31. The lowest BCUT2D eigenvalue weighted by Crippen LogP contribution is -2.42. The fraction of sp³-hybridized carbons (Fsp3) is 0.619. The third-order valence-electron chi connectivity index (χ3n) is 5.02. The van der Waals surface area contributed by atoms with Gasteiger partial charge < -0.3 is 10.6 Å². The molecule has 0 aliphatic carbocycles. The molecule has 4 heteroatoms. The quantitative estimate of drug-likeness (QED) is 0.711. The van der Waals surface area contributed by atoms with E-state index < -0.39 is 0 Å². The van der Waals surface area contributed by atoms with Crippen LogP contribution in [0.2, 0.25) is 0 Å². The number of carbonyl (C=O) groups is 2. The zero-order valence-corrected chi connectivity index (χ0v) is 15.9. The summed E-state index contributed by atoms with van der Waals surface area (Å²) in [6, 6.07) is 7.80. The van der Waals surface area contributed by atoms with Crippen LogP contribution in [0.5, 0.6) is 0 Å². The summed E-state index contributed by atoms with van der Waals surface area (Å²) in [5.41, 5.74) is 2.13. The van der Waals surface area contributed by atoms with Crippen molar-refractivity contribution in [3.05, 3.63) is 35.4 Å². The summed E-state index contributed by atoms with van der Waals surface area (Å²) in [7, 11) is 0. The highest BCUT2D eigenvalue weighted by Crippen LogP contribution is 2.26. The molecule has 0 aromatic heterocycles. The van der Waals surface area contributed by atoms with Gasteiger partial charge in [0.2, 0.25) is 5.91 Å². The Hall–Kier alpha value is -1.68. The van der Waals surface area contributed by atoms with Crippen molar-refractivity contribution < 1.29 is 9.59 Å². The zero-order chi connectivity index (χ0) is 18.3. The molecule has 4 nitrogen and oxygen atoms in total. The number of ketones is 1.